The Morgan fingerprint density at radius 2 is 1.73 bits per heavy atom. The zero-order chi connectivity index (χ0) is 18.7. The van der Waals surface area contributed by atoms with Crippen LogP contribution in [0.4, 0.5) is 18.3 Å². The van der Waals surface area contributed by atoms with Crippen LogP contribution in [0.15, 0.2) is 53.9 Å². The molecule has 0 amide bonds. The molecule has 136 valence electrons. The number of aromatic nitrogens is 1. The van der Waals surface area contributed by atoms with Crippen LogP contribution in [0.1, 0.15) is 28.3 Å². The fourth-order valence-electron chi connectivity index (χ4n) is 2.81. The highest BCUT2D eigenvalue weighted by atomic mass is 32.1. The number of anilines is 1. The standard InChI is InChI=1S/C19H17F3N2OS/c1-25-15-8-4-13(5-9-15)16(17-11-26-18(23)24-17)10-12-2-6-14(7-3-12)19(20,21)22/h2-9,11,16H,10H2,1H3,(H2,23,24)/p+1. The normalized spacial score (nSPS) is 12.8. The molecule has 0 fully saturated rings. The Kier molecular flexibility index (Phi) is 5.18. The summed E-state index contributed by atoms with van der Waals surface area (Å²) in [5, 5.41) is 2.53. The summed E-state index contributed by atoms with van der Waals surface area (Å²) in [6.45, 7) is 0. The Morgan fingerprint density at radius 1 is 1.08 bits per heavy atom. The SMILES string of the molecule is COc1ccc(C(Cc2ccc(C(F)(F)F)cc2)c2csc(N)[nH+]2)cc1. The van der Waals surface area contributed by atoms with Crippen molar-refractivity contribution in [2.45, 2.75) is 18.5 Å². The Bertz CT molecular complexity index is 858. The van der Waals surface area contributed by atoms with E-state index >= 15 is 0 Å². The van der Waals surface area contributed by atoms with Crippen LogP contribution in [-0.2, 0) is 12.6 Å². The predicted molar refractivity (Wildman–Crippen MR) is 95.3 cm³/mol. The highest BCUT2D eigenvalue weighted by Gasteiger charge is 2.30. The molecule has 1 aromatic heterocycles. The van der Waals surface area contributed by atoms with E-state index in [0.29, 0.717) is 11.6 Å². The Labute approximate surface area is 153 Å². The number of hydrogen-bond acceptors (Lipinski definition) is 3. The van der Waals surface area contributed by atoms with Gasteiger partial charge in [0, 0.05) is 5.38 Å². The van der Waals surface area contributed by atoms with Crippen molar-refractivity contribution in [3.8, 4) is 5.75 Å². The van der Waals surface area contributed by atoms with Gasteiger partial charge in [0.1, 0.15) is 11.4 Å². The van der Waals surface area contributed by atoms with Crippen molar-refractivity contribution in [1.82, 2.24) is 0 Å². The van der Waals surface area contributed by atoms with Crippen molar-refractivity contribution < 1.29 is 22.9 Å². The van der Waals surface area contributed by atoms with E-state index < -0.39 is 11.7 Å². The van der Waals surface area contributed by atoms with Crippen molar-refractivity contribution >= 4 is 16.5 Å². The van der Waals surface area contributed by atoms with Crippen LogP contribution in [-0.4, -0.2) is 7.11 Å². The van der Waals surface area contributed by atoms with Crippen molar-refractivity contribution in [2.75, 3.05) is 12.8 Å². The van der Waals surface area contributed by atoms with E-state index in [4.69, 9.17) is 10.5 Å². The summed E-state index contributed by atoms with van der Waals surface area (Å²) in [5.41, 5.74) is 7.95. The van der Waals surface area contributed by atoms with Gasteiger partial charge in [-0.2, -0.15) is 13.2 Å². The minimum atomic E-state index is -4.33. The van der Waals surface area contributed by atoms with Gasteiger partial charge in [-0.3, -0.25) is 5.73 Å². The van der Waals surface area contributed by atoms with Gasteiger partial charge in [-0.1, -0.05) is 35.6 Å². The van der Waals surface area contributed by atoms with Crippen LogP contribution >= 0.6 is 11.3 Å². The lowest BCUT2D eigenvalue weighted by Crippen LogP contribution is -2.17. The van der Waals surface area contributed by atoms with Gasteiger partial charge < -0.3 is 4.74 Å². The van der Waals surface area contributed by atoms with Gasteiger partial charge in [-0.25, -0.2) is 4.98 Å². The van der Waals surface area contributed by atoms with Crippen LogP contribution in [0.5, 0.6) is 5.75 Å². The van der Waals surface area contributed by atoms with Gasteiger partial charge in [0.25, 0.3) is 0 Å². The van der Waals surface area contributed by atoms with Crippen molar-refractivity contribution in [1.29, 1.82) is 0 Å². The molecule has 0 radical (unpaired) electrons. The largest absolute Gasteiger partial charge is 0.497 e. The predicted octanol–water partition coefficient (Wildman–Crippen LogP) is 4.55. The minimum Gasteiger partial charge on any atom is -0.497 e. The summed E-state index contributed by atoms with van der Waals surface area (Å²) in [7, 11) is 1.60. The van der Waals surface area contributed by atoms with Gasteiger partial charge in [-0.15, -0.1) is 0 Å². The zero-order valence-corrected chi connectivity index (χ0v) is 14.8. The van der Waals surface area contributed by atoms with Gasteiger partial charge in [0.15, 0.2) is 0 Å². The molecule has 0 aliphatic rings. The van der Waals surface area contributed by atoms with E-state index in [1.54, 1.807) is 7.11 Å². The zero-order valence-electron chi connectivity index (χ0n) is 14.0. The Morgan fingerprint density at radius 3 is 2.23 bits per heavy atom. The maximum Gasteiger partial charge on any atom is 0.416 e. The molecule has 3 nitrogen and oxygen atoms in total. The number of ether oxygens (including phenoxy) is 1. The second kappa shape index (κ2) is 7.37. The fourth-order valence-corrected chi connectivity index (χ4v) is 3.46. The Balaban J connectivity index is 1.90. The number of halogens is 3. The Hall–Kier alpha value is -2.54. The lowest BCUT2D eigenvalue weighted by atomic mass is 9.89. The number of alkyl halides is 3. The summed E-state index contributed by atoms with van der Waals surface area (Å²) in [5.74, 6) is 0.696. The molecule has 0 aliphatic carbocycles. The maximum absolute atomic E-state index is 12.8. The fraction of sp³-hybridized carbons (Fsp3) is 0.211. The minimum absolute atomic E-state index is 0.0498. The molecular formula is C19H18F3N2OS+. The molecule has 0 bridgehead atoms. The van der Waals surface area contributed by atoms with E-state index in [2.05, 4.69) is 4.98 Å². The third-order valence-electron chi connectivity index (χ3n) is 4.20. The number of benzene rings is 2. The number of nitrogen functional groups attached to an aromatic ring is 1. The maximum atomic E-state index is 12.8. The summed E-state index contributed by atoms with van der Waals surface area (Å²) in [4.78, 5) is 3.14. The number of H-pyrrole nitrogens is 1. The summed E-state index contributed by atoms with van der Waals surface area (Å²) < 4.78 is 43.5. The number of aromatic amines is 1. The first-order valence-corrected chi connectivity index (χ1v) is 8.81. The average molecular weight is 379 g/mol. The van der Waals surface area contributed by atoms with Crippen LogP contribution in [0, 0.1) is 0 Å². The van der Waals surface area contributed by atoms with Gasteiger partial charge in [-0.05, 0) is 41.8 Å². The molecule has 0 aliphatic heterocycles. The molecule has 1 unspecified atom stereocenters. The summed E-state index contributed by atoms with van der Waals surface area (Å²) in [6, 6.07) is 12.9. The van der Waals surface area contributed by atoms with Gasteiger partial charge in [0.2, 0.25) is 0 Å². The molecule has 3 N–H and O–H groups in total. The van der Waals surface area contributed by atoms with Crippen LogP contribution < -0.4 is 15.5 Å². The molecule has 7 heteroatoms. The van der Waals surface area contributed by atoms with Crippen molar-refractivity contribution in [3.05, 3.63) is 76.3 Å². The van der Waals surface area contributed by atoms with Crippen LogP contribution in [0.3, 0.4) is 0 Å². The van der Waals surface area contributed by atoms with E-state index in [0.717, 1.165) is 34.7 Å². The first kappa shape index (κ1) is 18.3. The molecule has 3 aromatic rings. The van der Waals surface area contributed by atoms with E-state index in [-0.39, 0.29) is 5.92 Å². The van der Waals surface area contributed by atoms with Crippen molar-refractivity contribution in [2.24, 2.45) is 0 Å². The van der Waals surface area contributed by atoms with E-state index in [9.17, 15) is 13.2 Å². The average Bonchev–Trinajstić information content (AvgIpc) is 3.05. The molecule has 1 heterocycles. The van der Waals surface area contributed by atoms with Gasteiger partial charge in [0.05, 0.1) is 18.6 Å². The first-order chi connectivity index (χ1) is 12.4. The molecule has 26 heavy (non-hydrogen) atoms. The number of methoxy groups -OCH3 is 1. The van der Waals surface area contributed by atoms with Crippen LogP contribution in [0.2, 0.25) is 0 Å². The molecule has 1 atom stereocenters. The van der Waals surface area contributed by atoms with Crippen molar-refractivity contribution in [3.63, 3.8) is 0 Å². The second-order valence-electron chi connectivity index (χ2n) is 5.90. The molecule has 2 aromatic carbocycles. The summed E-state index contributed by atoms with van der Waals surface area (Å²) >= 11 is 1.40. The highest BCUT2D eigenvalue weighted by molar-refractivity contribution is 7.13. The van der Waals surface area contributed by atoms with Crippen LogP contribution in [0.25, 0.3) is 0 Å². The molecule has 0 saturated heterocycles. The number of rotatable bonds is 5. The third kappa shape index (κ3) is 4.16. The quantitative estimate of drug-likeness (QED) is 0.707. The first-order valence-electron chi connectivity index (χ1n) is 7.93. The number of nitrogens with two attached hydrogens (primary N) is 1. The third-order valence-corrected chi connectivity index (χ3v) is 4.92. The molecule has 0 saturated carbocycles. The summed E-state index contributed by atoms with van der Waals surface area (Å²) in [6.07, 6.45) is -3.78. The van der Waals surface area contributed by atoms with E-state index in [1.807, 2.05) is 29.6 Å². The highest BCUT2D eigenvalue weighted by Crippen LogP contribution is 2.32. The number of thiazole rings is 1. The monoisotopic (exact) mass is 379 g/mol. The number of hydrogen-bond donors (Lipinski definition) is 1. The topological polar surface area (TPSA) is 49.4 Å². The molecule has 3 rings (SSSR count). The lowest BCUT2D eigenvalue weighted by molar-refractivity contribution is -0.368. The molecule has 0 spiro atoms. The second-order valence-corrected chi connectivity index (χ2v) is 6.82. The van der Waals surface area contributed by atoms with Gasteiger partial charge >= 0.3 is 11.3 Å². The smallest absolute Gasteiger partial charge is 0.416 e. The number of nitrogens with one attached hydrogen (secondary N) is 1. The lowest BCUT2D eigenvalue weighted by Gasteiger charge is -2.15. The molecular weight excluding hydrogens is 361 g/mol. The van der Waals surface area contributed by atoms with E-state index in [1.165, 1.54) is 23.5 Å².